The summed E-state index contributed by atoms with van der Waals surface area (Å²) in [6, 6.07) is 10.2. The third kappa shape index (κ3) is 5.59. The van der Waals surface area contributed by atoms with Crippen LogP contribution in [0.1, 0.15) is 47.2 Å². The molecule has 0 saturated heterocycles. The molecule has 0 atom stereocenters. The first-order chi connectivity index (χ1) is 20.1. The minimum absolute atomic E-state index is 0.0387. The molecule has 13 heteroatoms. The molecule has 4 aromatic rings. The van der Waals surface area contributed by atoms with Crippen molar-refractivity contribution in [3.63, 3.8) is 0 Å². The average Bonchev–Trinajstić information content (AvgIpc) is 2.90. The summed E-state index contributed by atoms with van der Waals surface area (Å²) in [6.07, 6.45) is -20.6. The van der Waals surface area contributed by atoms with Crippen LogP contribution in [-0.4, -0.2) is 0 Å². The molecule has 0 saturated carbocycles. The van der Waals surface area contributed by atoms with Crippen molar-refractivity contribution in [2.45, 2.75) is 44.0 Å². The van der Waals surface area contributed by atoms with E-state index in [0.29, 0.717) is 35.4 Å². The molecular formula is C31H18F12O. The van der Waals surface area contributed by atoms with Crippen molar-refractivity contribution in [2.75, 3.05) is 0 Å². The SMILES string of the molecule is CC1(C)c2cccc(-c3cc(C(F)(F)F)cc(C(F)(F)F)c3)c2Oc2c(-c3cc(C(F)(F)F)cc(C(F)(F)F)c3)cccc21. The molecule has 4 aromatic carbocycles. The highest BCUT2D eigenvalue weighted by atomic mass is 19.4. The van der Waals surface area contributed by atoms with Gasteiger partial charge in [-0.2, -0.15) is 52.7 Å². The molecule has 0 bridgehead atoms. The molecular weight excluding hydrogens is 616 g/mol. The van der Waals surface area contributed by atoms with Crippen LogP contribution in [0.5, 0.6) is 11.5 Å². The predicted octanol–water partition coefficient (Wildman–Crippen LogP) is 11.5. The van der Waals surface area contributed by atoms with Gasteiger partial charge in [0.25, 0.3) is 0 Å². The van der Waals surface area contributed by atoms with Crippen LogP contribution in [0.4, 0.5) is 52.7 Å². The molecule has 0 aromatic heterocycles. The van der Waals surface area contributed by atoms with Crippen LogP contribution in [-0.2, 0) is 30.1 Å². The lowest BCUT2D eigenvalue weighted by Crippen LogP contribution is -2.25. The first-order valence-electron chi connectivity index (χ1n) is 12.6. The van der Waals surface area contributed by atoms with Crippen LogP contribution in [0.3, 0.4) is 0 Å². The van der Waals surface area contributed by atoms with Crippen molar-refractivity contribution in [1.82, 2.24) is 0 Å². The Balaban J connectivity index is 1.77. The van der Waals surface area contributed by atoms with Crippen molar-refractivity contribution in [3.8, 4) is 33.8 Å². The highest BCUT2D eigenvalue weighted by Gasteiger charge is 2.41. The molecule has 1 aliphatic rings. The lowest BCUT2D eigenvalue weighted by atomic mass is 9.73. The fourth-order valence-corrected chi connectivity index (χ4v) is 5.20. The smallest absolute Gasteiger partial charge is 0.416 e. The summed E-state index contributed by atoms with van der Waals surface area (Å²) in [7, 11) is 0. The quantitative estimate of drug-likeness (QED) is 0.199. The van der Waals surface area contributed by atoms with Crippen molar-refractivity contribution < 1.29 is 57.4 Å². The summed E-state index contributed by atoms with van der Waals surface area (Å²) < 4.78 is 170. The first-order valence-corrected chi connectivity index (χ1v) is 12.6. The molecule has 0 amide bonds. The van der Waals surface area contributed by atoms with E-state index in [1.54, 1.807) is 13.8 Å². The van der Waals surface area contributed by atoms with E-state index in [9.17, 15) is 52.7 Å². The highest BCUT2D eigenvalue weighted by molar-refractivity contribution is 5.81. The van der Waals surface area contributed by atoms with E-state index in [-0.39, 0.29) is 34.8 Å². The molecule has 0 spiro atoms. The van der Waals surface area contributed by atoms with E-state index >= 15 is 0 Å². The number of para-hydroxylation sites is 2. The topological polar surface area (TPSA) is 9.23 Å². The van der Waals surface area contributed by atoms with Gasteiger partial charge in [-0.3, -0.25) is 0 Å². The Bertz CT molecular complexity index is 1560. The fourth-order valence-electron chi connectivity index (χ4n) is 5.20. The lowest BCUT2D eigenvalue weighted by Gasteiger charge is -2.36. The average molecular weight is 634 g/mol. The maximum Gasteiger partial charge on any atom is 0.416 e. The Morgan fingerprint density at radius 3 is 1.02 bits per heavy atom. The maximum atomic E-state index is 13.6. The van der Waals surface area contributed by atoms with E-state index in [4.69, 9.17) is 4.74 Å². The van der Waals surface area contributed by atoms with Gasteiger partial charge in [-0.05, 0) is 47.5 Å². The Hall–Kier alpha value is -4.16. The van der Waals surface area contributed by atoms with Gasteiger partial charge in [-0.1, -0.05) is 50.2 Å². The van der Waals surface area contributed by atoms with Gasteiger partial charge in [-0.25, -0.2) is 0 Å². The molecule has 1 nitrogen and oxygen atoms in total. The van der Waals surface area contributed by atoms with Gasteiger partial charge in [0, 0.05) is 27.7 Å². The zero-order valence-electron chi connectivity index (χ0n) is 22.4. The van der Waals surface area contributed by atoms with Gasteiger partial charge in [0.05, 0.1) is 22.3 Å². The summed E-state index contributed by atoms with van der Waals surface area (Å²) >= 11 is 0. The van der Waals surface area contributed by atoms with Gasteiger partial charge in [-0.15, -0.1) is 0 Å². The number of alkyl halides is 12. The van der Waals surface area contributed by atoms with E-state index in [2.05, 4.69) is 0 Å². The summed E-state index contributed by atoms with van der Waals surface area (Å²) in [5.74, 6) is -0.402. The minimum atomic E-state index is -5.15. The van der Waals surface area contributed by atoms with Gasteiger partial charge < -0.3 is 4.74 Å². The number of hydrogen-bond acceptors (Lipinski definition) is 1. The summed E-state index contributed by atoms with van der Waals surface area (Å²) in [4.78, 5) is 0. The highest BCUT2D eigenvalue weighted by Crippen LogP contribution is 2.55. The van der Waals surface area contributed by atoms with Crippen LogP contribution in [0.25, 0.3) is 22.3 Å². The molecule has 0 aliphatic carbocycles. The van der Waals surface area contributed by atoms with Gasteiger partial charge >= 0.3 is 24.7 Å². The summed E-state index contributed by atoms with van der Waals surface area (Å²) in [6.45, 7) is 3.25. The molecule has 0 unspecified atom stereocenters. The van der Waals surface area contributed by atoms with Gasteiger partial charge in [0.2, 0.25) is 0 Å². The second kappa shape index (κ2) is 9.93. The van der Waals surface area contributed by atoms with Crippen LogP contribution in [0.2, 0.25) is 0 Å². The monoisotopic (exact) mass is 634 g/mol. The number of fused-ring (bicyclic) bond motifs is 2. The van der Waals surface area contributed by atoms with Crippen molar-refractivity contribution in [2.24, 2.45) is 0 Å². The van der Waals surface area contributed by atoms with Crippen molar-refractivity contribution in [3.05, 3.63) is 106 Å². The molecule has 0 N–H and O–H groups in total. The third-order valence-corrected chi connectivity index (χ3v) is 7.38. The van der Waals surface area contributed by atoms with Crippen LogP contribution in [0, 0.1) is 0 Å². The van der Waals surface area contributed by atoms with E-state index in [1.165, 1.54) is 36.4 Å². The zero-order chi connectivity index (χ0) is 32.6. The normalized spacial score (nSPS) is 15.0. The van der Waals surface area contributed by atoms with Gasteiger partial charge in [0.1, 0.15) is 11.5 Å². The van der Waals surface area contributed by atoms with Crippen LogP contribution in [0.15, 0.2) is 72.8 Å². The standard InChI is InChI=1S/C31H18F12O/c1-27(2)23-7-3-5-21(15-9-17(28(32,33)34)13-18(10-15)29(35,36)37)25(23)44-26-22(6-4-8-24(26)27)16-11-19(30(38,39)40)14-20(12-16)31(41,42)43/h3-14H,1-2H3. The molecule has 44 heavy (non-hydrogen) atoms. The molecule has 0 fully saturated rings. The van der Waals surface area contributed by atoms with Crippen LogP contribution >= 0.6 is 0 Å². The molecule has 232 valence electrons. The number of rotatable bonds is 2. The second-order valence-corrected chi connectivity index (χ2v) is 10.7. The van der Waals surface area contributed by atoms with Crippen molar-refractivity contribution in [1.29, 1.82) is 0 Å². The maximum absolute atomic E-state index is 13.6. The number of ether oxygens (including phenoxy) is 1. The largest absolute Gasteiger partial charge is 0.455 e. The molecule has 0 radical (unpaired) electrons. The molecule has 1 aliphatic heterocycles. The Kier molecular flexibility index (Phi) is 7.06. The Morgan fingerprint density at radius 1 is 0.455 bits per heavy atom. The van der Waals surface area contributed by atoms with E-state index in [1.807, 2.05) is 0 Å². The Morgan fingerprint density at radius 2 is 0.750 bits per heavy atom. The lowest BCUT2D eigenvalue weighted by molar-refractivity contribution is -0.144. The minimum Gasteiger partial charge on any atom is -0.455 e. The van der Waals surface area contributed by atoms with Crippen LogP contribution < -0.4 is 4.74 Å². The second-order valence-electron chi connectivity index (χ2n) is 10.7. The summed E-state index contributed by atoms with van der Waals surface area (Å²) in [5, 5.41) is 0. The number of halogens is 12. The molecule has 5 rings (SSSR count). The zero-order valence-corrected chi connectivity index (χ0v) is 22.4. The number of benzene rings is 4. The Labute approximate surface area is 241 Å². The summed E-state index contributed by atoms with van der Waals surface area (Å²) in [5.41, 5.74) is -8.26. The molecule has 1 heterocycles. The van der Waals surface area contributed by atoms with E-state index < -0.39 is 63.5 Å². The fraction of sp³-hybridized carbons (Fsp3) is 0.226. The predicted molar refractivity (Wildman–Crippen MR) is 136 cm³/mol. The third-order valence-electron chi connectivity index (χ3n) is 7.38. The first kappa shape index (κ1) is 31.3. The van der Waals surface area contributed by atoms with E-state index in [0.717, 1.165) is 0 Å². The van der Waals surface area contributed by atoms with Crippen molar-refractivity contribution >= 4 is 0 Å². The number of hydrogen-bond donors (Lipinski definition) is 0. The van der Waals surface area contributed by atoms with Gasteiger partial charge in [0.15, 0.2) is 0 Å².